The van der Waals surface area contributed by atoms with Gasteiger partial charge < -0.3 is 10.6 Å². The summed E-state index contributed by atoms with van der Waals surface area (Å²) >= 11 is 1.54. The van der Waals surface area contributed by atoms with E-state index in [1.54, 1.807) is 42.5 Å². The quantitative estimate of drug-likeness (QED) is 0.708. The molecule has 0 aliphatic carbocycles. The van der Waals surface area contributed by atoms with Gasteiger partial charge in [-0.3, -0.25) is 14.3 Å². The molecule has 2 amide bonds. The highest BCUT2D eigenvalue weighted by atomic mass is 32.1. The Morgan fingerprint density at radius 3 is 2.62 bits per heavy atom. The van der Waals surface area contributed by atoms with E-state index >= 15 is 0 Å². The molecule has 1 aromatic carbocycles. The zero-order chi connectivity index (χ0) is 16.9. The molecule has 3 aromatic rings. The molecule has 0 unspecified atom stereocenters. The summed E-state index contributed by atoms with van der Waals surface area (Å²) in [5.41, 5.74) is 2.34. The van der Waals surface area contributed by atoms with Crippen LogP contribution in [0, 0.1) is 0 Å². The van der Waals surface area contributed by atoms with Crippen molar-refractivity contribution in [1.82, 2.24) is 20.1 Å². The first-order valence-corrected chi connectivity index (χ1v) is 8.06. The number of rotatable bonds is 4. The summed E-state index contributed by atoms with van der Waals surface area (Å²) in [6, 6.07) is 7.18. The molecule has 0 saturated heterocycles. The number of carbonyl (C=O) groups excluding carboxylic acids is 2. The number of benzene rings is 1. The predicted molar refractivity (Wildman–Crippen MR) is 91.2 cm³/mol. The zero-order valence-electron chi connectivity index (χ0n) is 12.9. The maximum Gasteiger partial charge on any atom is 0.313 e. The van der Waals surface area contributed by atoms with Gasteiger partial charge in [-0.25, -0.2) is 4.98 Å². The maximum absolute atomic E-state index is 11.9. The van der Waals surface area contributed by atoms with E-state index < -0.39 is 11.8 Å². The van der Waals surface area contributed by atoms with Crippen LogP contribution >= 0.6 is 11.3 Å². The molecule has 0 aliphatic heterocycles. The molecule has 0 bridgehead atoms. The molecule has 7 nitrogen and oxygen atoms in total. The van der Waals surface area contributed by atoms with Crippen molar-refractivity contribution in [2.75, 3.05) is 5.32 Å². The van der Waals surface area contributed by atoms with Gasteiger partial charge in [0.15, 0.2) is 0 Å². The highest BCUT2D eigenvalue weighted by Crippen LogP contribution is 2.23. The molecule has 0 saturated carbocycles. The van der Waals surface area contributed by atoms with Crippen LogP contribution in [0.25, 0.3) is 10.6 Å². The first kappa shape index (κ1) is 15.9. The van der Waals surface area contributed by atoms with Crippen molar-refractivity contribution in [3.8, 4) is 10.6 Å². The summed E-state index contributed by atoms with van der Waals surface area (Å²) in [6.07, 6.45) is 5.15. The molecular weight excluding hydrogens is 326 g/mol. The lowest BCUT2D eigenvalue weighted by atomic mass is 10.2. The summed E-state index contributed by atoms with van der Waals surface area (Å²) in [6.45, 7) is 0.253. The van der Waals surface area contributed by atoms with Crippen LogP contribution < -0.4 is 10.6 Å². The highest BCUT2D eigenvalue weighted by molar-refractivity contribution is 7.13. The second kappa shape index (κ2) is 7.05. The third-order valence-corrected chi connectivity index (χ3v) is 4.06. The molecule has 2 aromatic heterocycles. The average molecular weight is 341 g/mol. The van der Waals surface area contributed by atoms with Crippen LogP contribution in [0.2, 0.25) is 0 Å². The van der Waals surface area contributed by atoms with Crippen molar-refractivity contribution in [3.05, 3.63) is 53.8 Å². The Labute approximate surface area is 142 Å². The lowest BCUT2D eigenvalue weighted by Gasteiger charge is -2.06. The number of hydrogen-bond acceptors (Lipinski definition) is 5. The lowest BCUT2D eigenvalue weighted by Crippen LogP contribution is -2.34. The van der Waals surface area contributed by atoms with E-state index in [0.717, 1.165) is 16.1 Å². The Kier molecular flexibility index (Phi) is 4.66. The maximum atomic E-state index is 11.9. The Hall–Kier alpha value is -3.00. The summed E-state index contributed by atoms with van der Waals surface area (Å²) in [7, 11) is 1.79. The van der Waals surface area contributed by atoms with Gasteiger partial charge in [0.1, 0.15) is 5.01 Å². The summed E-state index contributed by atoms with van der Waals surface area (Å²) in [5.74, 6) is -1.40. The number of aryl methyl sites for hydroxylation is 1. The Balaban J connectivity index is 1.55. The largest absolute Gasteiger partial charge is 0.344 e. The van der Waals surface area contributed by atoms with Crippen LogP contribution in [0.3, 0.4) is 0 Å². The Morgan fingerprint density at radius 2 is 2.00 bits per heavy atom. The topological polar surface area (TPSA) is 88.9 Å². The molecule has 122 valence electrons. The van der Waals surface area contributed by atoms with E-state index in [0.29, 0.717) is 5.69 Å². The molecule has 0 atom stereocenters. The van der Waals surface area contributed by atoms with E-state index in [-0.39, 0.29) is 6.54 Å². The molecular formula is C16H15N5O2S. The van der Waals surface area contributed by atoms with Gasteiger partial charge in [0.05, 0.1) is 6.20 Å². The third kappa shape index (κ3) is 3.85. The van der Waals surface area contributed by atoms with Gasteiger partial charge in [0.25, 0.3) is 0 Å². The predicted octanol–water partition coefficient (Wildman–Crippen LogP) is 1.80. The van der Waals surface area contributed by atoms with Gasteiger partial charge in [0, 0.05) is 48.2 Å². The van der Waals surface area contributed by atoms with E-state index in [1.165, 1.54) is 11.3 Å². The van der Waals surface area contributed by atoms with E-state index in [9.17, 15) is 9.59 Å². The highest BCUT2D eigenvalue weighted by Gasteiger charge is 2.13. The van der Waals surface area contributed by atoms with Crippen molar-refractivity contribution < 1.29 is 9.59 Å². The molecule has 2 heterocycles. The number of hydrogen-bond donors (Lipinski definition) is 2. The molecule has 24 heavy (non-hydrogen) atoms. The van der Waals surface area contributed by atoms with Gasteiger partial charge in [-0.2, -0.15) is 5.10 Å². The van der Waals surface area contributed by atoms with Gasteiger partial charge >= 0.3 is 11.8 Å². The number of aromatic nitrogens is 3. The minimum atomic E-state index is -0.708. The fraction of sp³-hybridized carbons (Fsp3) is 0.125. The number of nitrogens with zero attached hydrogens (tertiary/aromatic N) is 3. The molecule has 0 radical (unpaired) electrons. The van der Waals surface area contributed by atoms with Gasteiger partial charge in [-0.05, 0) is 24.3 Å². The smallest absolute Gasteiger partial charge is 0.313 e. The van der Waals surface area contributed by atoms with Crippen LogP contribution in [0.4, 0.5) is 5.69 Å². The summed E-state index contributed by atoms with van der Waals surface area (Å²) < 4.78 is 1.63. The number of nitrogens with one attached hydrogen (secondary N) is 2. The normalized spacial score (nSPS) is 10.4. The molecule has 8 heteroatoms. The second-order valence-corrected chi connectivity index (χ2v) is 5.97. The Bertz CT molecular complexity index is 840. The fourth-order valence-corrected chi connectivity index (χ4v) is 2.72. The van der Waals surface area contributed by atoms with E-state index in [1.807, 2.05) is 17.5 Å². The van der Waals surface area contributed by atoms with Crippen LogP contribution in [0.5, 0.6) is 0 Å². The van der Waals surface area contributed by atoms with Gasteiger partial charge in [-0.1, -0.05) is 0 Å². The minimum absolute atomic E-state index is 0.253. The molecule has 0 spiro atoms. The van der Waals surface area contributed by atoms with Crippen molar-refractivity contribution in [3.63, 3.8) is 0 Å². The van der Waals surface area contributed by atoms with Crippen LogP contribution in [0.1, 0.15) is 5.56 Å². The van der Waals surface area contributed by atoms with Crippen LogP contribution in [0.15, 0.2) is 48.2 Å². The summed E-state index contributed by atoms with van der Waals surface area (Å²) in [5, 5.41) is 11.9. The Morgan fingerprint density at radius 1 is 1.21 bits per heavy atom. The first-order valence-electron chi connectivity index (χ1n) is 7.18. The first-order chi connectivity index (χ1) is 11.6. The molecule has 3 rings (SSSR count). The van der Waals surface area contributed by atoms with Crippen molar-refractivity contribution in [2.45, 2.75) is 6.54 Å². The SMILES string of the molecule is Cn1cc(CNC(=O)C(=O)Nc2ccc(-c3nccs3)cc2)cn1. The zero-order valence-corrected chi connectivity index (χ0v) is 13.7. The standard InChI is InChI=1S/C16H15N5O2S/c1-21-10-11(9-19-21)8-18-14(22)15(23)20-13-4-2-12(3-5-13)16-17-6-7-24-16/h2-7,9-10H,8H2,1H3,(H,18,22)(H,20,23). The monoisotopic (exact) mass is 341 g/mol. The molecule has 2 N–H and O–H groups in total. The van der Waals surface area contributed by atoms with Crippen LogP contribution in [-0.2, 0) is 23.2 Å². The number of amides is 2. The van der Waals surface area contributed by atoms with Crippen molar-refractivity contribution >= 4 is 28.8 Å². The third-order valence-electron chi connectivity index (χ3n) is 3.24. The molecule has 0 fully saturated rings. The number of thiazole rings is 1. The average Bonchev–Trinajstić information content (AvgIpc) is 3.25. The summed E-state index contributed by atoms with van der Waals surface area (Å²) in [4.78, 5) is 27.9. The molecule has 0 aliphatic rings. The number of anilines is 1. The lowest BCUT2D eigenvalue weighted by molar-refractivity contribution is -0.136. The fourth-order valence-electron chi connectivity index (χ4n) is 2.08. The van der Waals surface area contributed by atoms with Crippen molar-refractivity contribution in [2.24, 2.45) is 7.05 Å². The number of carbonyl (C=O) groups is 2. The van der Waals surface area contributed by atoms with Crippen molar-refractivity contribution in [1.29, 1.82) is 0 Å². The second-order valence-electron chi connectivity index (χ2n) is 5.07. The van der Waals surface area contributed by atoms with Gasteiger partial charge in [0.2, 0.25) is 0 Å². The van der Waals surface area contributed by atoms with Crippen LogP contribution in [-0.4, -0.2) is 26.6 Å². The minimum Gasteiger partial charge on any atom is -0.344 e. The van der Waals surface area contributed by atoms with Gasteiger partial charge in [-0.15, -0.1) is 11.3 Å². The van der Waals surface area contributed by atoms with E-state index in [4.69, 9.17) is 0 Å². The van der Waals surface area contributed by atoms with E-state index in [2.05, 4.69) is 20.7 Å².